The van der Waals surface area contributed by atoms with Crippen LogP contribution in [0.5, 0.6) is 0 Å². The molecule has 2 amide bonds. The van der Waals surface area contributed by atoms with Crippen molar-refractivity contribution in [2.45, 2.75) is 38.3 Å². The van der Waals surface area contributed by atoms with Crippen molar-refractivity contribution in [3.63, 3.8) is 0 Å². The molecule has 2 unspecified atom stereocenters. The quantitative estimate of drug-likeness (QED) is 0.772. The van der Waals surface area contributed by atoms with Crippen LogP contribution in [0.2, 0.25) is 0 Å². The molecule has 0 saturated heterocycles. The second-order valence-corrected chi connectivity index (χ2v) is 6.73. The Labute approximate surface area is 150 Å². The molecular weight excluding hydrogens is 341 g/mol. The van der Waals surface area contributed by atoms with Crippen LogP contribution >= 0.6 is 0 Å². The van der Waals surface area contributed by atoms with E-state index in [-0.39, 0.29) is 11.9 Å². The SMILES string of the molecule is CC(NC(=O)NC(c1ccc(F)cc1)C1CCC1)c1ccc(F)c(F)c1. The first-order chi connectivity index (χ1) is 12.4. The number of carbonyl (C=O) groups excluding carboxylic acids is 1. The van der Waals surface area contributed by atoms with Crippen molar-refractivity contribution in [3.05, 3.63) is 71.0 Å². The lowest BCUT2D eigenvalue weighted by Crippen LogP contribution is -2.42. The van der Waals surface area contributed by atoms with Crippen molar-refractivity contribution in [2.24, 2.45) is 5.92 Å². The Morgan fingerprint density at radius 2 is 1.62 bits per heavy atom. The summed E-state index contributed by atoms with van der Waals surface area (Å²) in [7, 11) is 0. The summed E-state index contributed by atoms with van der Waals surface area (Å²) in [5, 5.41) is 5.69. The summed E-state index contributed by atoms with van der Waals surface area (Å²) in [5.41, 5.74) is 1.33. The summed E-state index contributed by atoms with van der Waals surface area (Å²) < 4.78 is 39.6. The first-order valence-corrected chi connectivity index (χ1v) is 8.71. The molecule has 1 aliphatic carbocycles. The molecule has 2 aromatic carbocycles. The van der Waals surface area contributed by atoms with Gasteiger partial charge in [-0.15, -0.1) is 0 Å². The van der Waals surface area contributed by atoms with Gasteiger partial charge in [0, 0.05) is 0 Å². The predicted molar refractivity (Wildman–Crippen MR) is 92.9 cm³/mol. The minimum absolute atomic E-state index is 0.207. The Morgan fingerprint density at radius 1 is 0.962 bits per heavy atom. The van der Waals surface area contributed by atoms with Gasteiger partial charge in [0.05, 0.1) is 12.1 Å². The molecule has 138 valence electrons. The van der Waals surface area contributed by atoms with E-state index in [4.69, 9.17) is 0 Å². The van der Waals surface area contributed by atoms with Crippen LogP contribution in [0.1, 0.15) is 49.4 Å². The van der Waals surface area contributed by atoms with Crippen LogP contribution in [0.3, 0.4) is 0 Å². The highest BCUT2D eigenvalue weighted by molar-refractivity contribution is 5.75. The van der Waals surface area contributed by atoms with Gasteiger partial charge in [-0.1, -0.05) is 24.6 Å². The van der Waals surface area contributed by atoms with Gasteiger partial charge in [0.2, 0.25) is 0 Å². The van der Waals surface area contributed by atoms with E-state index >= 15 is 0 Å². The minimum Gasteiger partial charge on any atom is -0.332 e. The number of amides is 2. The monoisotopic (exact) mass is 362 g/mol. The lowest BCUT2D eigenvalue weighted by atomic mass is 9.77. The molecule has 0 aromatic heterocycles. The number of halogens is 3. The zero-order valence-corrected chi connectivity index (χ0v) is 14.4. The van der Waals surface area contributed by atoms with Crippen molar-refractivity contribution >= 4 is 6.03 Å². The molecule has 0 aliphatic heterocycles. The van der Waals surface area contributed by atoms with Crippen LogP contribution < -0.4 is 10.6 Å². The van der Waals surface area contributed by atoms with Gasteiger partial charge >= 0.3 is 6.03 Å². The van der Waals surface area contributed by atoms with Crippen LogP contribution in [-0.4, -0.2) is 6.03 Å². The lowest BCUT2D eigenvalue weighted by molar-refractivity contribution is 0.206. The van der Waals surface area contributed by atoms with Gasteiger partial charge in [0.25, 0.3) is 0 Å². The highest BCUT2D eigenvalue weighted by Crippen LogP contribution is 2.37. The summed E-state index contributed by atoms with van der Waals surface area (Å²) in [5.74, 6) is -1.88. The van der Waals surface area contributed by atoms with Gasteiger partial charge in [-0.2, -0.15) is 0 Å². The number of carbonyl (C=O) groups is 1. The van der Waals surface area contributed by atoms with E-state index in [0.717, 1.165) is 37.0 Å². The van der Waals surface area contributed by atoms with E-state index in [1.165, 1.54) is 18.2 Å². The maximum atomic E-state index is 13.4. The highest BCUT2D eigenvalue weighted by Gasteiger charge is 2.30. The normalized spacial score (nSPS) is 16.5. The highest BCUT2D eigenvalue weighted by atomic mass is 19.2. The Bertz CT molecular complexity index is 775. The van der Waals surface area contributed by atoms with Gasteiger partial charge in [0.1, 0.15) is 5.82 Å². The van der Waals surface area contributed by atoms with Crippen LogP contribution in [0.4, 0.5) is 18.0 Å². The summed E-state index contributed by atoms with van der Waals surface area (Å²) in [4.78, 5) is 12.4. The number of nitrogens with one attached hydrogen (secondary N) is 2. The van der Waals surface area contributed by atoms with Gasteiger partial charge in [0.15, 0.2) is 11.6 Å². The van der Waals surface area contributed by atoms with Crippen LogP contribution in [0.15, 0.2) is 42.5 Å². The molecule has 2 atom stereocenters. The number of hydrogen-bond donors (Lipinski definition) is 2. The fourth-order valence-corrected chi connectivity index (χ4v) is 3.16. The number of hydrogen-bond acceptors (Lipinski definition) is 1. The molecular formula is C20H21F3N2O. The van der Waals surface area contributed by atoms with Gasteiger partial charge in [-0.3, -0.25) is 0 Å². The van der Waals surface area contributed by atoms with Crippen molar-refractivity contribution in [1.29, 1.82) is 0 Å². The summed E-state index contributed by atoms with van der Waals surface area (Å²) >= 11 is 0. The second kappa shape index (κ2) is 7.81. The summed E-state index contributed by atoms with van der Waals surface area (Å²) in [6, 6.07) is 8.57. The van der Waals surface area contributed by atoms with Crippen molar-refractivity contribution in [2.75, 3.05) is 0 Å². The molecule has 1 aliphatic rings. The maximum Gasteiger partial charge on any atom is 0.315 e. The Kier molecular flexibility index (Phi) is 5.49. The summed E-state index contributed by atoms with van der Waals surface area (Å²) in [6.07, 6.45) is 3.11. The molecule has 1 saturated carbocycles. The molecule has 1 fully saturated rings. The molecule has 6 heteroatoms. The third kappa shape index (κ3) is 4.18. The maximum absolute atomic E-state index is 13.4. The Morgan fingerprint density at radius 3 is 2.19 bits per heavy atom. The smallest absolute Gasteiger partial charge is 0.315 e. The van der Waals surface area contributed by atoms with E-state index in [2.05, 4.69) is 10.6 Å². The third-order valence-electron chi connectivity index (χ3n) is 4.93. The zero-order valence-electron chi connectivity index (χ0n) is 14.4. The molecule has 0 radical (unpaired) electrons. The van der Waals surface area contributed by atoms with Crippen molar-refractivity contribution in [3.8, 4) is 0 Å². The standard InChI is InChI=1S/C20H21F3N2O/c1-12(15-7-10-17(22)18(23)11-15)24-20(26)25-19(13-3-2-4-13)14-5-8-16(21)9-6-14/h5-13,19H,2-4H2,1H3,(H2,24,25,26). The van der Waals surface area contributed by atoms with E-state index < -0.39 is 23.7 Å². The molecule has 26 heavy (non-hydrogen) atoms. The number of urea groups is 1. The molecule has 0 bridgehead atoms. The van der Waals surface area contributed by atoms with E-state index in [1.807, 2.05) is 0 Å². The van der Waals surface area contributed by atoms with Gasteiger partial charge in [-0.05, 0) is 61.1 Å². The van der Waals surface area contributed by atoms with Gasteiger partial charge < -0.3 is 10.6 Å². The first kappa shape index (κ1) is 18.3. The van der Waals surface area contributed by atoms with E-state index in [1.54, 1.807) is 19.1 Å². The number of rotatable bonds is 5. The van der Waals surface area contributed by atoms with E-state index in [9.17, 15) is 18.0 Å². The largest absolute Gasteiger partial charge is 0.332 e. The average molecular weight is 362 g/mol. The van der Waals surface area contributed by atoms with Crippen molar-refractivity contribution < 1.29 is 18.0 Å². The minimum atomic E-state index is -0.949. The van der Waals surface area contributed by atoms with Gasteiger partial charge in [-0.25, -0.2) is 18.0 Å². The lowest BCUT2D eigenvalue weighted by Gasteiger charge is -2.35. The Balaban J connectivity index is 1.67. The van der Waals surface area contributed by atoms with Crippen LogP contribution in [0, 0.1) is 23.4 Å². The van der Waals surface area contributed by atoms with Crippen molar-refractivity contribution in [1.82, 2.24) is 10.6 Å². The molecule has 2 N–H and O–H groups in total. The fraction of sp³-hybridized carbons (Fsp3) is 0.350. The second-order valence-electron chi connectivity index (χ2n) is 6.73. The Hall–Kier alpha value is -2.50. The zero-order chi connectivity index (χ0) is 18.7. The molecule has 0 heterocycles. The molecule has 2 aromatic rings. The first-order valence-electron chi connectivity index (χ1n) is 8.71. The molecule has 3 rings (SSSR count). The average Bonchev–Trinajstić information content (AvgIpc) is 2.55. The summed E-state index contributed by atoms with van der Waals surface area (Å²) in [6.45, 7) is 1.70. The number of benzene rings is 2. The predicted octanol–water partition coefficient (Wildman–Crippen LogP) is 5.01. The van der Waals surface area contributed by atoms with Crippen LogP contribution in [0.25, 0.3) is 0 Å². The molecule has 0 spiro atoms. The third-order valence-corrected chi connectivity index (χ3v) is 4.93. The van der Waals surface area contributed by atoms with E-state index in [0.29, 0.717) is 11.5 Å². The topological polar surface area (TPSA) is 41.1 Å². The van der Waals surface area contributed by atoms with Crippen LogP contribution in [-0.2, 0) is 0 Å². The molecule has 3 nitrogen and oxygen atoms in total. The fourth-order valence-electron chi connectivity index (χ4n) is 3.16.